The van der Waals surface area contributed by atoms with Crippen LogP contribution in [-0.2, 0) is 11.2 Å². The van der Waals surface area contributed by atoms with Crippen LogP contribution in [0.3, 0.4) is 0 Å². The summed E-state index contributed by atoms with van der Waals surface area (Å²) in [5.41, 5.74) is 0.516. The summed E-state index contributed by atoms with van der Waals surface area (Å²) in [5.74, 6) is 0.684. The molecule has 1 atom stereocenters. The van der Waals surface area contributed by atoms with Gasteiger partial charge in [0.25, 0.3) is 0 Å². The summed E-state index contributed by atoms with van der Waals surface area (Å²) >= 11 is 1.55. The predicted octanol–water partition coefficient (Wildman–Crippen LogP) is 2.95. The van der Waals surface area contributed by atoms with Crippen molar-refractivity contribution in [2.45, 2.75) is 46.1 Å². The Morgan fingerprint density at radius 3 is 2.90 bits per heavy atom. The number of hydrogen-bond acceptors (Lipinski definition) is 5. The zero-order chi connectivity index (χ0) is 14.8. The molecule has 20 heavy (non-hydrogen) atoms. The van der Waals surface area contributed by atoms with E-state index in [1.165, 1.54) is 11.3 Å². The van der Waals surface area contributed by atoms with Crippen LogP contribution in [0.1, 0.15) is 37.8 Å². The molecule has 0 aliphatic carbocycles. The lowest BCUT2D eigenvalue weighted by molar-refractivity contribution is 0.0636. The maximum absolute atomic E-state index is 11.7. The van der Waals surface area contributed by atoms with Gasteiger partial charge in [-0.3, -0.25) is 5.32 Å². The number of nitrogens with one attached hydrogen (secondary N) is 2. The highest BCUT2D eigenvalue weighted by Gasteiger charge is 2.20. The Labute approximate surface area is 124 Å². The maximum atomic E-state index is 11.7. The first-order chi connectivity index (χ1) is 9.33. The first-order valence-electron chi connectivity index (χ1n) is 7.00. The largest absolute Gasteiger partial charge is 0.444 e. The van der Waals surface area contributed by atoms with Gasteiger partial charge < -0.3 is 10.1 Å². The van der Waals surface area contributed by atoms with Crippen molar-refractivity contribution in [2.24, 2.45) is 5.92 Å². The van der Waals surface area contributed by atoms with Crippen molar-refractivity contribution in [3.8, 4) is 0 Å². The highest BCUT2D eigenvalue weighted by Crippen LogP contribution is 2.27. The molecule has 1 unspecified atom stereocenters. The van der Waals surface area contributed by atoms with Crippen LogP contribution >= 0.6 is 11.3 Å². The minimum Gasteiger partial charge on any atom is -0.444 e. The summed E-state index contributed by atoms with van der Waals surface area (Å²) in [6.07, 6.45) is 1.80. The molecule has 0 spiro atoms. The number of thiazole rings is 1. The summed E-state index contributed by atoms with van der Waals surface area (Å²) in [4.78, 5) is 17.4. The average Bonchev–Trinajstić information content (AvgIpc) is 2.87. The number of nitrogens with zero attached hydrogens (tertiary/aromatic N) is 1. The van der Waals surface area contributed by atoms with Crippen LogP contribution in [0, 0.1) is 12.8 Å². The van der Waals surface area contributed by atoms with E-state index in [0.29, 0.717) is 11.0 Å². The van der Waals surface area contributed by atoms with Crippen LogP contribution in [0.5, 0.6) is 0 Å². The van der Waals surface area contributed by atoms with Crippen molar-refractivity contribution in [3.63, 3.8) is 0 Å². The molecule has 0 bridgehead atoms. The van der Waals surface area contributed by atoms with Gasteiger partial charge in [-0.1, -0.05) is 0 Å². The van der Waals surface area contributed by atoms with Gasteiger partial charge in [-0.15, -0.1) is 11.3 Å². The van der Waals surface area contributed by atoms with Gasteiger partial charge in [-0.2, -0.15) is 0 Å². The van der Waals surface area contributed by atoms with Gasteiger partial charge in [-0.25, -0.2) is 9.78 Å². The number of amides is 1. The van der Waals surface area contributed by atoms with Crippen LogP contribution in [0.15, 0.2) is 0 Å². The quantitative estimate of drug-likeness (QED) is 0.900. The van der Waals surface area contributed by atoms with Gasteiger partial charge in [0.15, 0.2) is 5.13 Å². The third-order valence-electron chi connectivity index (χ3n) is 3.14. The molecule has 1 aromatic rings. The van der Waals surface area contributed by atoms with Crippen LogP contribution < -0.4 is 10.6 Å². The zero-order valence-corrected chi connectivity index (χ0v) is 13.4. The third kappa shape index (κ3) is 4.45. The molecule has 2 N–H and O–H groups in total. The summed E-state index contributed by atoms with van der Waals surface area (Å²) < 4.78 is 5.23. The number of hydrogen-bond donors (Lipinski definition) is 2. The van der Waals surface area contributed by atoms with E-state index in [0.717, 1.165) is 25.2 Å². The van der Waals surface area contributed by atoms with Gasteiger partial charge in [0.2, 0.25) is 0 Å². The maximum Gasteiger partial charge on any atom is 0.413 e. The van der Waals surface area contributed by atoms with Crippen LogP contribution in [-0.4, -0.2) is 29.8 Å². The Morgan fingerprint density at radius 2 is 2.30 bits per heavy atom. The SMILES string of the molecule is Cc1nc(NC(=O)OC(C)(C)C)sc1CC1CCNC1. The number of aromatic nitrogens is 1. The Balaban J connectivity index is 1.94. The lowest BCUT2D eigenvalue weighted by Crippen LogP contribution is -2.27. The molecule has 5 nitrogen and oxygen atoms in total. The molecular weight excluding hydrogens is 274 g/mol. The Morgan fingerprint density at radius 1 is 1.55 bits per heavy atom. The molecule has 1 aliphatic heterocycles. The summed E-state index contributed by atoms with van der Waals surface area (Å²) in [6, 6.07) is 0. The van der Waals surface area contributed by atoms with Gasteiger partial charge in [0.1, 0.15) is 5.60 Å². The second-order valence-corrected chi connectivity index (χ2v) is 7.30. The molecule has 112 valence electrons. The van der Waals surface area contributed by atoms with Gasteiger partial charge >= 0.3 is 6.09 Å². The molecule has 1 fully saturated rings. The van der Waals surface area contributed by atoms with Crippen molar-refractivity contribution in [3.05, 3.63) is 10.6 Å². The highest BCUT2D eigenvalue weighted by molar-refractivity contribution is 7.15. The molecule has 6 heteroatoms. The molecule has 1 saturated heterocycles. The average molecular weight is 297 g/mol. The number of ether oxygens (including phenoxy) is 1. The van der Waals surface area contributed by atoms with Crippen molar-refractivity contribution >= 4 is 22.6 Å². The number of anilines is 1. The molecule has 0 radical (unpaired) electrons. The lowest BCUT2D eigenvalue weighted by atomic mass is 10.0. The minimum absolute atomic E-state index is 0.444. The normalized spacial score (nSPS) is 19.1. The van der Waals surface area contributed by atoms with Crippen molar-refractivity contribution < 1.29 is 9.53 Å². The molecule has 0 aromatic carbocycles. The van der Waals surface area contributed by atoms with E-state index in [1.54, 1.807) is 11.3 Å². The number of carbonyl (C=O) groups excluding carboxylic acids is 1. The molecule has 2 rings (SSSR count). The second kappa shape index (κ2) is 6.10. The topological polar surface area (TPSA) is 63.2 Å². The van der Waals surface area contributed by atoms with Gasteiger partial charge in [-0.05, 0) is 59.5 Å². The van der Waals surface area contributed by atoms with Crippen molar-refractivity contribution in [1.82, 2.24) is 10.3 Å². The molecular formula is C14H23N3O2S. The fraction of sp³-hybridized carbons (Fsp3) is 0.714. The zero-order valence-electron chi connectivity index (χ0n) is 12.6. The highest BCUT2D eigenvalue weighted by atomic mass is 32.1. The fourth-order valence-electron chi connectivity index (χ4n) is 2.21. The van der Waals surface area contributed by atoms with Crippen LogP contribution in [0.25, 0.3) is 0 Å². The summed E-state index contributed by atoms with van der Waals surface area (Å²) in [5, 5.41) is 6.71. The first-order valence-corrected chi connectivity index (χ1v) is 7.82. The smallest absolute Gasteiger partial charge is 0.413 e. The van der Waals surface area contributed by atoms with E-state index >= 15 is 0 Å². The van der Waals surface area contributed by atoms with E-state index in [4.69, 9.17) is 4.74 Å². The number of carbonyl (C=O) groups is 1. The Kier molecular flexibility index (Phi) is 4.65. The standard InChI is InChI=1S/C14H23N3O2S/c1-9-11(7-10-5-6-15-8-10)20-12(16-9)17-13(18)19-14(2,3)4/h10,15H,5-8H2,1-4H3,(H,16,17,18). The molecule has 1 amide bonds. The number of rotatable bonds is 3. The van der Waals surface area contributed by atoms with Crippen LogP contribution in [0.2, 0.25) is 0 Å². The monoisotopic (exact) mass is 297 g/mol. The van der Waals surface area contributed by atoms with Crippen molar-refractivity contribution in [2.75, 3.05) is 18.4 Å². The molecule has 0 saturated carbocycles. The lowest BCUT2D eigenvalue weighted by Gasteiger charge is -2.18. The van der Waals surface area contributed by atoms with E-state index in [2.05, 4.69) is 15.6 Å². The number of aryl methyl sites for hydroxylation is 1. The Bertz CT molecular complexity index is 473. The summed E-state index contributed by atoms with van der Waals surface area (Å²) in [6.45, 7) is 9.71. The van der Waals surface area contributed by atoms with Gasteiger partial charge in [0.05, 0.1) is 5.69 Å². The molecule has 2 heterocycles. The van der Waals surface area contributed by atoms with E-state index in [-0.39, 0.29) is 0 Å². The van der Waals surface area contributed by atoms with E-state index in [9.17, 15) is 4.79 Å². The summed E-state index contributed by atoms with van der Waals surface area (Å²) in [7, 11) is 0. The predicted molar refractivity (Wildman–Crippen MR) is 81.4 cm³/mol. The fourth-order valence-corrected chi connectivity index (χ4v) is 3.28. The molecule has 1 aliphatic rings. The first kappa shape index (κ1) is 15.3. The van der Waals surface area contributed by atoms with Crippen LogP contribution in [0.4, 0.5) is 9.93 Å². The molecule has 1 aromatic heterocycles. The minimum atomic E-state index is -0.491. The third-order valence-corrected chi connectivity index (χ3v) is 4.23. The van der Waals surface area contributed by atoms with E-state index in [1.807, 2.05) is 27.7 Å². The Hall–Kier alpha value is -1.14. The van der Waals surface area contributed by atoms with E-state index < -0.39 is 11.7 Å². The second-order valence-electron chi connectivity index (χ2n) is 6.22. The van der Waals surface area contributed by atoms with Crippen molar-refractivity contribution in [1.29, 1.82) is 0 Å². The van der Waals surface area contributed by atoms with Gasteiger partial charge in [0, 0.05) is 4.88 Å².